The van der Waals surface area contributed by atoms with Crippen LogP contribution in [-0.2, 0) is 0 Å². The molecule has 0 fully saturated rings. The van der Waals surface area contributed by atoms with Crippen molar-refractivity contribution in [1.82, 2.24) is 10.2 Å². The van der Waals surface area contributed by atoms with Crippen LogP contribution >= 0.6 is 11.8 Å². The van der Waals surface area contributed by atoms with Crippen LogP contribution in [0.1, 0.15) is 39.5 Å². The monoisotopic (exact) mass is 246 g/mol. The maximum Gasteiger partial charge on any atom is 0.0154 e. The molecule has 98 valence electrons. The molecule has 0 saturated heterocycles. The minimum absolute atomic E-state index is 0.716. The smallest absolute Gasteiger partial charge is 0.0154 e. The van der Waals surface area contributed by atoms with Crippen molar-refractivity contribution in [3.05, 3.63) is 0 Å². The second-order valence-corrected chi connectivity index (χ2v) is 5.51. The van der Waals surface area contributed by atoms with Gasteiger partial charge in [0, 0.05) is 11.8 Å². The Morgan fingerprint density at radius 2 is 1.94 bits per heavy atom. The molecule has 0 aromatic carbocycles. The maximum atomic E-state index is 3.45. The summed E-state index contributed by atoms with van der Waals surface area (Å²) in [5, 5.41) is 3.45. The van der Waals surface area contributed by atoms with Crippen LogP contribution < -0.4 is 5.32 Å². The second-order valence-electron chi connectivity index (χ2n) is 4.60. The predicted molar refractivity (Wildman–Crippen MR) is 77.5 cm³/mol. The minimum atomic E-state index is 0.716. The highest BCUT2D eigenvalue weighted by atomic mass is 32.2. The molecule has 2 nitrogen and oxygen atoms in total. The fourth-order valence-corrected chi connectivity index (χ4v) is 2.42. The Morgan fingerprint density at radius 3 is 2.56 bits per heavy atom. The zero-order chi connectivity index (χ0) is 12.2. The number of hydrogen-bond donors (Lipinski definition) is 1. The Labute approximate surface area is 107 Å². The number of unbranched alkanes of at least 4 members (excludes halogenated alkanes) is 2. The molecule has 0 aromatic rings. The van der Waals surface area contributed by atoms with Crippen molar-refractivity contribution in [3.8, 4) is 0 Å². The minimum Gasteiger partial charge on any atom is -0.317 e. The van der Waals surface area contributed by atoms with Crippen LogP contribution in [0, 0.1) is 0 Å². The summed E-state index contributed by atoms with van der Waals surface area (Å²) < 4.78 is 0. The first kappa shape index (κ1) is 16.3. The van der Waals surface area contributed by atoms with Gasteiger partial charge >= 0.3 is 0 Å². The lowest BCUT2D eigenvalue weighted by Gasteiger charge is -2.23. The summed E-state index contributed by atoms with van der Waals surface area (Å²) in [6, 6.07) is 0.716. The summed E-state index contributed by atoms with van der Waals surface area (Å²) in [4.78, 5) is 2.48. The van der Waals surface area contributed by atoms with Crippen molar-refractivity contribution in [1.29, 1.82) is 0 Å². The Balaban J connectivity index is 3.23. The molecule has 0 saturated carbocycles. The van der Waals surface area contributed by atoms with E-state index in [0.29, 0.717) is 6.04 Å². The Kier molecular flexibility index (Phi) is 11.9. The summed E-state index contributed by atoms with van der Waals surface area (Å²) >= 11 is 1.94. The van der Waals surface area contributed by atoms with E-state index < -0.39 is 0 Å². The Bertz CT molecular complexity index is 142. The molecule has 0 aliphatic carbocycles. The van der Waals surface area contributed by atoms with E-state index in [0.717, 1.165) is 0 Å². The van der Waals surface area contributed by atoms with Gasteiger partial charge in [-0.25, -0.2) is 0 Å². The zero-order valence-corrected chi connectivity index (χ0v) is 12.4. The zero-order valence-electron chi connectivity index (χ0n) is 11.6. The summed E-state index contributed by atoms with van der Waals surface area (Å²) in [5.74, 6) is 1.24. The third kappa shape index (κ3) is 9.49. The van der Waals surface area contributed by atoms with E-state index in [1.165, 1.54) is 51.1 Å². The van der Waals surface area contributed by atoms with Gasteiger partial charge in [-0.05, 0) is 59.1 Å². The van der Waals surface area contributed by atoms with Crippen molar-refractivity contribution in [2.45, 2.75) is 45.6 Å². The number of hydrogen-bond acceptors (Lipinski definition) is 3. The highest BCUT2D eigenvalue weighted by molar-refractivity contribution is 7.98. The lowest BCUT2D eigenvalue weighted by Crippen LogP contribution is -2.31. The average Bonchev–Trinajstić information content (AvgIpc) is 2.28. The average molecular weight is 246 g/mol. The molecule has 16 heavy (non-hydrogen) atoms. The molecule has 1 atom stereocenters. The van der Waals surface area contributed by atoms with Gasteiger partial charge in [-0.3, -0.25) is 0 Å². The van der Waals surface area contributed by atoms with Gasteiger partial charge < -0.3 is 10.2 Å². The first-order valence-electron chi connectivity index (χ1n) is 6.62. The normalized spacial score (nSPS) is 13.3. The molecule has 0 radical (unpaired) electrons. The molecule has 1 unspecified atom stereocenters. The van der Waals surface area contributed by atoms with Crippen molar-refractivity contribution in [3.63, 3.8) is 0 Å². The summed E-state index contributed by atoms with van der Waals surface area (Å²) in [7, 11) is 2.25. The highest BCUT2D eigenvalue weighted by Crippen LogP contribution is 2.05. The predicted octanol–water partition coefficient (Wildman–Crippen LogP) is 2.84. The van der Waals surface area contributed by atoms with Gasteiger partial charge in [0.15, 0.2) is 0 Å². The molecule has 3 heteroatoms. The third-order valence-electron chi connectivity index (χ3n) is 2.95. The van der Waals surface area contributed by atoms with Gasteiger partial charge in [-0.1, -0.05) is 13.3 Å². The van der Waals surface area contributed by atoms with E-state index in [1.807, 2.05) is 11.8 Å². The van der Waals surface area contributed by atoms with Crippen LogP contribution in [0.4, 0.5) is 0 Å². The molecule has 0 rings (SSSR count). The van der Waals surface area contributed by atoms with Crippen LogP contribution in [-0.4, -0.2) is 49.6 Å². The standard InChI is InChI=1S/C13H30N2S/c1-5-9-14-10-7-6-8-11-15(3)13(2)12-16-4/h13-14H,5-12H2,1-4H3. The van der Waals surface area contributed by atoms with Gasteiger partial charge in [-0.2, -0.15) is 11.8 Å². The van der Waals surface area contributed by atoms with E-state index in [9.17, 15) is 0 Å². The van der Waals surface area contributed by atoms with Gasteiger partial charge in [0.2, 0.25) is 0 Å². The van der Waals surface area contributed by atoms with Crippen LogP contribution in [0.25, 0.3) is 0 Å². The fourth-order valence-electron chi connectivity index (χ4n) is 1.68. The molecular formula is C13H30N2S. The molecule has 0 heterocycles. The Morgan fingerprint density at radius 1 is 1.19 bits per heavy atom. The first-order chi connectivity index (χ1) is 7.72. The van der Waals surface area contributed by atoms with Gasteiger partial charge in [0.25, 0.3) is 0 Å². The lowest BCUT2D eigenvalue weighted by molar-refractivity contribution is 0.271. The Hall–Kier alpha value is 0.270. The fraction of sp³-hybridized carbons (Fsp3) is 1.00. The summed E-state index contributed by atoms with van der Waals surface area (Å²) in [5.41, 5.74) is 0. The number of thioether (sulfide) groups is 1. The number of nitrogens with one attached hydrogen (secondary N) is 1. The van der Waals surface area contributed by atoms with Crippen molar-refractivity contribution in [2.75, 3.05) is 38.7 Å². The molecule has 0 aliphatic heterocycles. The topological polar surface area (TPSA) is 15.3 Å². The van der Waals surface area contributed by atoms with E-state index in [2.05, 4.69) is 37.4 Å². The molecule has 0 aliphatic rings. The maximum absolute atomic E-state index is 3.45. The van der Waals surface area contributed by atoms with Crippen molar-refractivity contribution >= 4 is 11.8 Å². The molecule has 0 amide bonds. The van der Waals surface area contributed by atoms with Crippen LogP contribution in [0.15, 0.2) is 0 Å². The molecule has 0 spiro atoms. The second kappa shape index (κ2) is 11.7. The third-order valence-corrected chi connectivity index (χ3v) is 3.77. The van der Waals surface area contributed by atoms with Crippen LogP contribution in [0.3, 0.4) is 0 Å². The number of rotatable bonds is 11. The molecule has 1 N–H and O–H groups in total. The van der Waals surface area contributed by atoms with Crippen molar-refractivity contribution in [2.24, 2.45) is 0 Å². The molecular weight excluding hydrogens is 216 g/mol. The molecule has 0 aromatic heterocycles. The first-order valence-corrected chi connectivity index (χ1v) is 8.01. The summed E-state index contributed by atoms with van der Waals surface area (Å²) in [6.45, 7) is 8.15. The van der Waals surface area contributed by atoms with Crippen LogP contribution in [0.5, 0.6) is 0 Å². The number of nitrogens with zero attached hydrogens (tertiary/aromatic N) is 1. The molecule has 0 bridgehead atoms. The van der Waals surface area contributed by atoms with E-state index in [4.69, 9.17) is 0 Å². The van der Waals surface area contributed by atoms with Crippen LogP contribution in [0.2, 0.25) is 0 Å². The largest absolute Gasteiger partial charge is 0.317 e. The lowest BCUT2D eigenvalue weighted by atomic mass is 10.2. The SMILES string of the molecule is CCCNCCCCCN(C)C(C)CSC. The van der Waals surface area contributed by atoms with Gasteiger partial charge in [0.1, 0.15) is 0 Å². The van der Waals surface area contributed by atoms with E-state index in [1.54, 1.807) is 0 Å². The van der Waals surface area contributed by atoms with Gasteiger partial charge in [0.05, 0.1) is 0 Å². The highest BCUT2D eigenvalue weighted by Gasteiger charge is 2.06. The van der Waals surface area contributed by atoms with Gasteiger partial charge in [-0.15, -0.1) is 0 Å². The van der Waals surface area contributed by atoms with E-state index in [-0.39, 0.29) is 0 Å². The van der Waals surface area contributed by atoms with Crippen molar-refractivity contribution < 1.29 is 0 Å². The summed E-state index contributed by atoms with van der Waals surface area (Å²) in [6.07, 6.45) is 7.44. The quantitative estimate of drug-likeness (QED) is 0.564. The van der Waals surface area contributed by atoms with E-state index >= 15 is 0 Å².